The van der Waals surface area contributed by atoms with E-state index in [1.165, 1.54) is 24.3 Å². The number of anilines is 2. The van der Waals surface area contributed by atoms with Crippen LogP contribution in [0.3, 0.4) is 0 Å². The molecule has 7 heteroatoms. The first-order valence-electron chi connectivity index (χ1n) is 5.51. The van der Waals surface area contributed by atoms with Gasteiger partial charge in [-0.2, -0.15) is 0 Å². The maximum Gasteiger partial charge on any atom is 0.337 e. The summed E-state index contributed by atoms with van der Waals surface area (Å²) in [6, 6.07) is 5.66. The van der Waals surface area contributed by atoms with Crippen LogP contribution in [-0.4, -0.2) is 16.1 Å². The highest BCUT2D eigenvalue weighted by Gasteiger charge is 2.11. The monoisotopic (exact) mass is 314 g/mol. The molecule has 0 spiro atoms. The van der Waals surface area contributed by atoms with Crippen molar-refractivity contribution in [2.24, 2.45) is 0 Å². The first-order chi connectivity index (χ1) is 9.38. The van der Waals surface area contributed by atoms with Gasteiger partial charge in [-0.05, 0) is 31.2 Å². The van der Waals surface area contributed by atoms with Crippen LogP contribution in [0.15, 0.2) is 24.3 Å². The van der Waals surface area contributed by atoms with E-state index < -0.39 is 11.8 Å². The lowest BCUT2D eigenvalue weighted by atomic mass is 10.2. The molecule has 0 unspecified atom stereocenters. The molecular weight excluding hydrogens is 306 g/mol. The zero-order chi connectivity index (χ0) is 14.9. The molecule has 2 aromatic rings. The molecule has 1 aromatic heterocycles. The first-order valence-corrected chi connectivity index (χ1v) is 6.26. The van der Waals surface area contributed by atoms with Gasteiger partial charge in [-0.25, -0.2) is 14.2 Å². The maximum absolute atomic E-state index is 13.3. The standard InChI is InChI=1S/C13H9Cl2FN2O2/c1-6-8(13(19)20)2-3-11(17-6)18-7-4-9(14)12(16)10(15)5-7/h2-5H,1H3,(H,17,18)(H,19,20). The van der Waals surface area contributed by atoms with Crippen molar-refractivity contribution in [3.8, 4) is 0 Å². The molecule has 0 aliphatic heterocycles. The Morgan fingerprint density at radius 2 is 1.90 bits per heavy atom. The molecule has 2 N–H and O–H groups in total. The van der Waals surface area contributed by atoms with Gasteiger partial charge in [0.15, 0.2) is 5.82 Å². The zero-order valence-corrected chi connectivity index (χ0v) is 11.8. The van der Waals surface area contributed by atoms with E-state index in [1.807, 2.05) is 0 Å². The number of carboxylic acids is 1. The molecule has 2 rings (SSSR count). The Bertz CT molecular complexity index is 669. The van der Waals surface area contributed by atoms with Gasteiger partial charge < -0.3 is 10.4 Å². The number of nitrogens with one attached hydrogen (secondary N) is 1. The molecule has 20 heavy (non-hydrogen) atoms. The maximum atomic E-state index is 13.3. The highest BCUT2D eigenvalue weighted by atomic mass is 35.5. The Kier molecular flexibility index (Phi) is 4.11. The molecule has 0 aliphatic rings. The molecule has 4 nitrogen and oxygen atoms in total. The summed E-state index contributed by atoms with van der Waals surface area (Å²) in [5, 5.41) is 11.6. The Hall–Kier alpha value is -1.85. The van der Waals surface area contributed by atoms with Gasteiger partial charge in [0.25, 0.3) is 0 Å². The number of pyridine rings is 1. The summed E-state index contributed by atoms with van der Waals surface area (Å²) in [5.74, 6) is -1.33. The fourth-order valence-electron chi connectivity index (χ4n) is 1.63. The van der Waals surface area contributed by atoms with Crippen LogP contribution in [0.25, 0.3) is 0 Å². The van der Waals surface area contributed by atoms with Crippen LogP contribution in [-0.2, 0) is 0 Å². The third kappa shape index (κ3) is 3.00. The lowest BCUT2D eigenvalue weighted by Crippen LogP contribution is -2.03. The summed E-state index contributed by atoms with van der Waals surface area (Å²) in [6.07, 6.45) is 0. The van der Waals surface area contributed by atoms with Gasteiger partial charge in [-0.3, -0.25) is 0 Å². The molecule has 0 fully saturated rings. The molecule has 0 atom stereocenters. The van der Waals surface area contributed by atoms with E-state index in [0.717, 1.165) is 0 Å². The van der Waals surface area contributed by atoms with E-state index in [2.05, 4.69) is 10.3 Å². The smallest absolute Gasteiger partial charge is 0.337 e. The van der Waals surface area contributed by atoms with Crippen LogP contribution in [0, 0.1) is 12.7 Å². The number of carboxylic acid groups (broad SMARTS) is 1. The van der Waals surface area contributed by atoms with E-state index in [1.54, 1.807) is 6.92 Å². The van der Waals surface area contributed by atoms with E-state index in [4.69, 9.17) is 28.3 Å². The SMILES string of the molecule is Cc1nc(Nc2cc(Cl)c(F)c(Cl)c2)ccc1C(=O)O. The lowest BCUT2D eigenvalue weighted by molar-refractivity contribution is 0.0695. The fourth-order valence-corrected chi connectivity index (χ4v) is 2.12. The average molecular weight is 315 g/mol. The minimum Gasteiger partial charge on any atom is -0.478 e. The van der Waals surface area contributed by atoms with Crippen molar-refractivity contribution in [3.05, 3.63) is 51.4 Å². The second-order valence-corrected chi connectivity index (χ2v) is 4.83. The molecule has 0 aliphatic carbocycles. The molecule has 0 radical (unpaired) electrons. The van der Waals surface area contributed by atoms with Crippen molar-refractivity contribution < 1.29 is 14.3 Å². The van der Waals surface area contributed by atoms with Crippen molar-refractivity contribution in [2.45, 2.75) is 6.92 Å². The van der Waals surface area contributed by atoms with Crippen LogP contribution in [0.4, 0.5) is 15.9 Å². The zero-order valence-electron chi connectivity index (χ0n) is 10.2. The molecule has 1 aromatic carbocycles. The number of aromatic nitrogens is 1. The van der Waals surface area contributed by atoms with Gasteiger partial charge in [0.1, 0.15) is 5.82 Å². The third-order valence-electron chi connectivity index (χ3n) is 2.57. The topological polar surface area (TPSA) is 62.2 Å². The predicted molar refractivity (Wildman–Crippen MR) is 75.6 cm³/mol. The number of halogens is 3. The number of hydrogen-bond acceptors (Lipinski definition) is 3. The van der Waals surface area contributed by atoms with Gasteiger partial charge in [0.05, 0.1) is 21.3 Å². The number of aryl methyl sites for hydroxylation is 1. The fraction of sp³-hybridized carbons (Fsp3) is 0.0769. The Labute approximate surface area is 124 Å². The van der Waals surface area contributed by atoms with Crippen LogP contribution >= 0.6 is 23.2 Å². The van der Waals surface area contributed by atoms with Crippen molar-refractivity contribution in [3.63, 3.8) is 0 Å². The molecular formula is C13H9Cl2FN2O2. The Balaban J connectivity index is 2.31. The summed E-state index contributed by atoms with van der Waals surface area (Å²) < 4.78 is 13.3. The molecule has 104 valence electrons. The number of rotatable bonds is 3. The summed E-state index contributed by atoms with van der Waals surface area (Å²) in [6.45, 7) is 1.58. The van der Waals surface area contributed by atoms with Gasteiger partial charge >= 0.3 is 5.97 Å². The Morgan fingerprint density at radius 1 is 1.30 bits per heavy atom. The molecule has 1 heterocycles. The predicted octanol–water partition coefficient (Wildman–Crippen LogP) is 4.28. The molecule has 0 saturated carbocycles. The molecule has 0 saturated heterocycles. The summed E-state index contributed by atoms with van der Waals surface area (Å²) in [7, 11) is 0. The van der Waals surface area contributed by atoms with Gasteiger partial charge in [-0.15, -0.1) is 0 Å². The highest BCUT2D eigenvalue weighted by molar-refractivity contribution is 6.35. The quantitative estimate of drug-likeness (QED) is 0.830. The number of carbonyl (C=O) groups is 1. The second-order valence-electron chi connectivity index (χ2n) is 4.01. The van der Waals surface area contributed by atoms with E-state index >= 15 is 0 Å². The second kappa shape index (κ2) is 5.64. The molecule has 0 bridgehead atoms. The average Bonchev–Trinajstić information content (AvgIpc) is 2.35. The minimum absolute atomic E-state index is 0.112. The largest absolute Gasteiger partial charge is 0.478 e. The number of nitrogens with zero attached hydrogens (tertiary/aromatic N) is 1. The Morgan fingerprint density at radius 3 is 2.40 bits per heavy atom. The normalized spacial score (nSPS) is 10.4. The van der Waals surface area contributed by atoms with Crippen molar-refractivity contribution in [1.82, 2.24) is 4.98 Å². The minimum atomic E-state index is -1.05. The summed E-state index contributed by atoms with van der Waals surface area (Å²) in [5.41, 5.74) is 0.934. The first kappa shape index (κ1) is 14.6. The van der Waals surface area contributed by atoms with Gasteiger partial charge in [0, 0.05) is 5.69 Å². The van der Waals surface area contributed by atoms with Crippen molar-refractivity contribution in [2.75, 3.05) is 5.32 Å². The number of aromatic carboxylic acids is 1. The van der Waals surface area contributed by atoms with Crippen molar-refractivity contribution >= 4 is 40.7 Å². The summed E-state index contributed by atoms with van der Waals surface area (Å²) in [4.78, 5) is 15.0. The lowest BCUT2D eigenvalue weighted by Gasteiger charge is -2.09. The van der Waals surface area contributed by atoms with Gasteiger partial charge in [-0.1, -0.05) is 23.2 Å². The number of hydrogen-bond donors (Lipinski definition) is 2. The summed E-state index contributed by atoms with van der Waals surface area (Å²) >= 11 is 11.4. The van der Waals surface area contributed by atoms with Crippen LogP contribution in [0.2, 0.25) is 10.0 Å². The third-order valence-corrected chi connectivity index (χ3v) is 3.12. The van der Waals surface area contributed by atoms with E-state index in [0.29, 0.717) is 17.2 Å². The van der Waals surface area contributed by atoms with Crippen LogP contribution in [0.5, 0.6) is 0 Å². The molecule has 0 amide bonds. The van der Waals surface area contributed by atoms with Crippen LogP contribution in [0.1, 0.15) is 16.1 Å². The van der Waals surface area contributed by atoms with E-state index in [9.17, 15) is 9.18 Å². The number of benzene rings is 1. The van der Waals surface area contributed by atoms with Crippen LogP contribution < -0.4 is 5.32 Å². The highest BCUT2D eigenvalue weighted by Crippen LogP contribution is 2.28. The van der Waals surface area contributed by atoms with E-state index in [-0.39, 0.29) is 15.6 Å². The van der Waals surface area contributed by atoms with Crippen molar-refractivity contribution in [1.29, 1.82) is 0 Å². The van der Waals surface area contributed by atoms with Gasteiger partial charge in [0.2, 0.25) is 0 Å².